The number of methoxy groups -OCH3 is 2. The molecular weight excluding hydrogens is 825 g/mol. The summed E-state index contributed by atoms with van der Waals surface area (Å²) in [4.78, 5) is 73.3. The van der Waals surface area contributed by atoms with Gasteiger partial charge >= 0.3 is 12.2 Å². The number of nitrogens with zero attached hydrogens (tertiary/aromatic N) is 4. The van der Waals surface area contributed by atoms with Gasteiger partial charge in [0.1, 0.15) is 23.7 Å². The first-order valence-electron chi connectivity index (χ1n) is 23.1. The lowest BCUT2D eigenvalue weighted by atomic mass is 9.90. The second-order valence-electron chi connectivity index (χ2n) is 18.8. The number of hydrogen-bond donors (Lipinski definition) is 4. The van der Waals surface area contributed by atoms with Crippen molar-refractivity contribution in [1.29, 1.82) is 0 Å². The van der Waals surface area contributed by atoms with E-state index in [1.807, 2.05) is 36.0 Å². The summed E-state index contributed by atoms with van der Waals surface area (Å²) >= 11 is 0. The highest BCUT2D eigenvalue weighted by molar-refractivity contribution is 5.91. The summed E-state index contributed by atoms with van der Waals surface area (Å²) in [7, 11) is 2.62. The van der Waals surface area contributed by atoms with Gasteiger partial charge in [-0.15, -0.1) is 0 Å². The van der Waals surface area contributed by atoms with Gasteiger partial charge in [0.05, 0.1) is 50.1 Å². The molecule has 0 bridgehead atoms. The normalized spacial score (nSPS) is 21.4. The number of alkyl carbamates (subject to hydrolysis) is 2. The molecule has 4 N–H and O–H groups in total. The van der Waals surface area contributed by atoms with Crippen LogP contribution in [-0.2, 0) is 23.8 Å². The van der Waals surface area contributed by atoms with Gasteiger partial charge in [-0.3, -0.25) is 9.59 Å². The summed E-state index contributed by atoms with van der Waals surface area (Å²) < 4.78 is 15.3. The minimum atomic E-state index is -0.700. The fourth-order valence-electron chi connectivity index (χ4n) is 10.4. The van der Waals surface area contributed by atoms with Gasteiger partial charge in [0.15, 0.2) is 0 Å². The number of rotatable bonds is 12. The summed E-state index contributed by atoms with van der Waals surface area (Å²) in [6.07, 6.45) is 8.63. The van der Waals surface area contributed by atoms with E-state index in [0.717, 1.165) is 88.2 Å². The van der Waals surface area contributed by atoms with Crippen LogP contribution in [0.25, 0.3) is 44.4 Å². The molecule has 15 heteroatoms. The van der Waals surface area contributed by atoms with Gasteiger partial charge < -0.3 is 44.6 Å². The van der Waals surface area contributed by atoms with E-state index in [9.17, 15) is 19.2 Å². The molecule has 1 unspecified atom stereocenters. The van der Waals surface area contributed by atoms with Crippen molar-refractivity contribution < 1.29 is 33.4 Å². The Morgan fingerprint density at radius 3 is 2.03 bits per heavy atom. The molecular formula is C50H60N8O7. The molecule has 5 atom stereocenters. The minimum Gasteiger partial charge on any atom is -0.453 e. The van der Waals surface area contributed by atoms with Crippen molar-refractivity contribution in [2.75, 3.05) is 40.5 Å². The highest BCUT2D eigenvalue weighted by Gasteiger charge is 2.55. The summed E-state index contributed by atoms with van der Waals surface area (Å²) in [5.41, 5.74) is 6.03. The number of hydrogen-bond acceptors (Lipinski definition) is 9. The van der Waals surface area contributed by atoms with Crippen molar-refractivity contribution in [3.05, 3.63) is 84.7 Å². The zero-order valence-corrected chi connectivity index (χ0v) is 37.9. The quantitative estimate of drug-likeness (QED) is 0.0960. The summed E-state index contributed by atoms with van der Waals surface area (Å²) in [6.45, 7) is 8.35. The first kappa shape index (κ1) is 44.0. The van der Waals surface area contributed by atoms with Crippen molar-refractivity contribution in [3.63, 3.8) is 0 Å². The first-order valence-corrected chi connectivity index (χ1v) is 23.1. The van der Waals surface area contributed by atoms with Crippen LogP contribution >= 0.6 is 0 Å². The van der Waals surface area contributed by atoms with Gasteiger partial charge in [-0.2, -0.15) is 0 Å². The lowest BCUT2D eigenvalue weighted by Crippen LogP contribution is -2.53. The largest absolute Gasteiger partial charge is 0.453 e. The van der Waals surface area contributed by atoms with E-state index in [1.165, 1.54) is 14.2 Å². The van der Waals surface area contributed by atoms with Crippen molar-refractivity contribution in [2.24, 2.45) is 23.2 Å². The van der Waals surface area contributed by atoms with Crippen LogP contribution in [0.3, 0.4) is 0 Å². The van der Waals surface area contributed by atoms with Crippen LogP contribution in [-0.4, -0.2) is 106 Å². The molecule has 65 heavy (non-hydrogen) atoms. The van der Waals surface area contributed by atoms with Gasteiger partial charge in [-0.1, -0.05) is 75.7 Å². The Morgan fingerprint density at radius 2 is 1.37 bits per heavy atom. The molecule has 3 aliphatic heterocycles. The summed E-state index contributed by atoms with van der Waals surface area (Å²) in [6, 6.07) is 19.5. The van der Waals surface area contributed by atoms with E-state index in [4.69, 9.17) is 24.2 Å². The average molecular weight is 885 g/mol. The maximum absolute atomic E-state index is 14.3. The summed E-state index contributed by atoms with van der Waals surface area (Å²) in [5.74, 6) is 1.39. The Balaban J connectivity index is 0.892. The second-order valence-corrected chi connectivity index (χ2v) is 18.8. The molecule has 5 heterocycles. The third kappa shape index (κ3) is 8.94. The predicted octanol–water partition coefficient (Wildman–Crippen LogP) is 8.17. The molecule has 3 aromatic carbocycles. The first-order chi connectivity index (χ1) is 31.5. The smallest absolute Gasteiger partial charge is 0.407 e. The molecule has 1 aliphatic carbocycles. The van der Waals surface area contributed by atoms with Crippen LogP contribution in [0.5, 0.6) is 0 Å². The van der Waals surface area contributed by atoms with Crippen molar-refractivity contribution in [2.45, 2.75) is 89.9 Å². The number of ether oxygens (including phenoxy) is 3. The number of carbonyl (C=O) groups excluding carboxylic acids is 4. The van der Waals surface area contributed by atoms with E-state index in [1.54, 1.807) is 0 Å². The lowest BCUT2D eigenvalue weighted by Gasteiger charge is -2.34. The molecule has 3 saturated heterocycles. The van der Waals surface area contributed by atoms with Crippen LogP contribution in [0, 0.1) is 23.2 Å². The fourth-order valence-corrected chi connectivity index (χ4v) is 10.4. The Kier molecular flexibility index (Phi) is 12.4. The topological polar surface area (TPSA) is 184 Å². The number of aromatic nitrogens is 4. The number of carbonyl (C=O) groups is 4. The molecule has 4 fully saturated rings. The van der Waals surface area contributed by atoms with Crippen LogP contribution in [0.4, 0.5) is 9.59 Å². The van der Waals surface area contributed by atoms with E-state index in [-0.39, 0.29) is 47.1 Å². The predicted molar refractivity (Wildman–Crippen MR) is 245 cm³/mol. The average Bonchev–Trinajstić information content (AvgIpc) is 3.83. The highest BCUT2D eigenvalue weighted by atomic mass is 16.5. The minimum absolute atomic E-state index is 0.0284. The van der Waals surface area contributed by atoms with Gasteiger partial charge in [-0.25, -0.2) is 19.6 Å². The Morgan fingerprint density at radius 1 is 0.769 bits per heavy atom. The maximum atomic E-state index is 14.3. The standard InChI is InChI=1S/C50H60N8O7/c1-6-30-15-20-57(46(59)41(29(2)3)55-48(61)63-4)43(30)45-52-26-38(54-45)32-9-7-31(8-10-32)34-11-12-36-24-37(14-13-35(36)23-34)39-27-51-44(53-39)40-25-50(18-19-50)28-58(40)47(60)42(56-49(62)64-5)33-16-21-65-22-17-33/h7-14,23-24,26-27,29-30,33,40-43H,6,15-22,25,28H2,1-5H3,(H,51,53)(H,52,54)(H,55,61)(H,56,62)/t30-,40+,41+,42?,43+/m1/s1. The fraction of sp³-hybridized carbons (Fsp3) is 0.480. The second kappa shape index (κ2) is 18.3. The van der Waals surface area contributed by atoms with Crippen molar-refractivity contribution in [1.82, 2.24) is 40.4 Å². The van der Waals surface area contributed by atoms with E-state index >= 15 is 0 Å². The monoisotopic (exact) mass is 884 g/mol. The maximum Gasteiger partial charge on any atom is 0.407 e. The SMILES string of the molecule is CC[C@@H]1CCN(C(=O)[C@@H](NC(=O)OC)C(C)C)[C@@H]1c1ncc(-c2ccc(-c3ccc4cc(-c5cnc([C@@H]6CC7(CC7)CN6C(=O)C(NC(=O)OC)C6CCOCC6)[nH]5)ccc4c3)cc2)[nH]1. The van der Waals surface area contributed by atoms with Gasteiger partial charge in [-0.05, 0) is 101 Å². The van der Waals surface area contributed by atoms with Crippen LogP contribution in [0.1, 0.15) is 89.4 Å². The van der Waals surface area contributed by atoms with Gasteiger partial charge in [0.25, 0.3) is 0 Å². The van der Waals surface area contributed by atoms with E-state index in [2.05, 4.69) is 88.2 Å². The highest BCUT2D eigenvalue weighted by Crippen LogP contribution is 2.58. The molecule has 0 radical (unpaired) electrons. The van der Waals surface area contributed by atoms with Gasteiger partial charge in [0.2, 0.25) is 11.8 Å². The van der Waals surface area contributed by atoms with E-state index in [0.29, 0.717) is 39.1 Å². The molecule has 1 spiro atoms. The number of likely N-dealkylation sites (tertiary alicyclic amines) is 2. The zero-order valence-electron chi connectivity index (χ0n) is 37.9. The number of amides is 4. The molecule has 4 amide bonds. The Labute approximate surface area is 379 Å². The van der Waals surface area contributed by atoms with Crippen LogP contribution in [0.2, 0.25) is 0 Å². The zero-order chi connectivity index (χ0) is 45.4. The molecule has 1 saturated carbocycles. The Bertz CT molecular complexity index is 2540. The molecule has 9 rings (SSSR count). The molecule has 15 nitrogen and oxygen atoms in total. The Hall–Kier alpha value is -6.22. The van der Waals surface area contributed by atoms with Crippen molar-refractivity contribution in [3.8, 4) is 33.6 Å². The van der Waals surface area contributed by atoms with Crippen molar-refractivity contribution >= 4 is 34.8 Å². The number of benzene rings is 3. The number of nitrogens with one attached hydrogen (secondary N) is 4. The number of aromatic amines is 2. The number of fused-ring (bicyclic) bond motifs is 1. The van der Waals surface area contributed by atoms with Crippen LogP contribution < -0.4 is 10.6 Å². The van der Waals surface area contributed by atoms with Gasteiger partial charge in [0, 0.05) is 31.9 Å². The lowest BCUT2D eigenvalue weighted by molar-refractivity contribution is -0.137. The third-order valence-corrected chi connectivity index (χ3v) is 14.4. The molecule has 5 aromatic rings. The summed E-state index contributed by atoms with van der Waals surface area (Å²) in [5, 5.41) is 7.81. The van der Waals surface area contributed by atoms with E-state index < -0.39 is 24.3 Å². The number of imidazole rings is 2. The number of H-pyrrole nitrogens is 2. The van der Waals surface area contributed by atoms with Crippen LogP contribution in [0.15, 0.2) is 73.1 Å². The molecule has 4 aliphatic rings. The molecule has 342 valence electrons. The third-order valence-electron chi connectivity index (χ3n) is 14.4. The molecule has 2 aromatic heterocycles.